The van der Waals surface area contributed by atoms with Gasteiger partial charge >= 0.3 is 0 Å². The van der Waals surface area contributed by atoms with Gasteiger partial charge in [0.25, 0.3) is 0 Å². The van der Waals surface area contributed by atoms with Gasteiger partial charge in [0.2, 0.25) is 0 Å². The third kappa shape index (κ3) is 8.02. The Hall–Kier alpha value is -2.01. The van der Waals surface area contributed by atoms with Crippen LogP contribution in [0, 0.1) is 13.8 Å². The Labute approximate surface area is 145 Å². The molecule has 1 aromatic rings. The van der Waals surface area contributed by atoms with Gasteiger partial charge in [0.05, 0.1) is 19.4 Å². The molecule has 0 aliphatic rings. The van der Waals surface area contributed by atoms with Crippen LogP contribution >= 0.6 is 0 Å². The van der Waals surface area contributed by atoms with E-state index in [1.165, 1.54) is 7.11 Å². The quantitative estimate of drug-likeness (QED) is 0.271. The van der Waals surface area contributed by atoms with E-state index < -0.39 is 0 Å². The van der Waals surface area contributed by atoms with Gasteiger partial charge in [-0.3, -0.25) is 0 Å². The summed E-state index contributed by atoms with van der Waals surface area (Å²) in [5.74, 6) is 0.986. The number of benzene rings is 1. The molecule has 5 nitrogen and oxygen atoms in total. The monoisotopic (exact) mass is 334 g/mol. The van der Waals surface area contributed by atoms with E-state index in [9.17, 15) is 0 Å². The second-order valence-corrected chi connectivity index (χ2v) is 5.49. The molecule has 0 atom stereocenters. The predicted molar refractivity (Wildman–Crippen MR) is 100 cm³/mol. The molecule has 1 aromatic carbocycles. The molecule has 24 heavy (non-hydrogen) atoms. The molecule has 0 bridgehead atoms. The third-order valence-corrected chi connectivity index (χ3v) is 3.42. The number of unbranched alkanes of at least 4 members (excludes halogenated alkanes) is 1. The van der Waals surface area contributed by atoms with Crippen LogP contribution in [0.5, 0.6) is 5.75 Å². The van der Waals surface area contributed by atoms with Crippen LogP contribution in [-0.2, 0) is 9.57 Å². The molecule has 0 fully saturated rings. The minimum Gasteiger partial charge on any atom is -0.493 e. The summed E-state index contributed by atoms with van der Waals surface area (Å²) >= 11 is 0. The minimum absolute atomic E-state index is 0.481. The van der Waals surface area contributed by atoms with Gasteiger partial charge in [0.15, 0.2) is 0 Å². The minimum atomic E-state index is 0.481. The molecule has 0 spiro atoms. The average Bonchev–Trinajstić information content (AvgIpc) is 2.55. The van der Waals surface area contributed by atoms with Crippen molar-refractivity contribution in [2.24, 2.45) is 5.16 Å². The first-order chi connectivity index (χ1) is 11.7. The summed E-state index contributed by atoms with van der Waals surface area (Å²) in [6.45, 7) is 8.91. The Bertz CT molecular complexity index is 504. The van der Waals surface area contributed by atoms with E-state index in [2.05, 4.69) is 47.4 Å². The summed E-state index contributed by atoms with van der Waals surface area (Å²) in [5.41, 5.74) is 3.44. The first-order valence-corrected chi connectivity index (χ1v) is 8.40. The average molecular weight is 334 g/mol. The maximum atomic E-state index is 5.95. The summed E-state index contributed by atoms with van der Waals surface area (Å²) in [6, 6.07) is 4.26. The van der Waals surface area contributed by atoms with E-state index in [1.54, 1.807) is 6.21 Å². The lowest BCUT2D eigenvalue weighted by Crippen LogP contribution is -2.05. The lowest BCUT2D eigenvalue weighted by Gasteiger charge is -2.14. The molecule has 0 saturated heterocycles. The van der Waals surface area contributed by atoms with Gasteiger partial charge in [-0.15, -0.1) is 0 Å². The highest BCUT2D eigenvalue weighted by Gasteiger charge is 2.06. The SMILES string of the molecule is C/C=C/CNc1cc(C)c(OCCCCOC/C=N/OC)c(C)c1. The zero-order valence-electron chi connectivity index (χ0n) is 15.3. The van der Waals surface area contributed by atoms with Gasteiger partial charge in [-0.05, 0) is 56.9 Å². The van der Waals surface area contributed by atoms with E-state index in [0.29, 0.717) is 19.8 Å². The number of hydrogen-bond acceptors (Lipinski definition) is 5. The molecule has 0 unspecified atom stereocenters. The first-order valence-electron chi connectivity index (χ1n) is 8.40. The molecule has 0 aliphatic heterocycles. The Balaban J connectivity index is 2.31. The summed E-state index contributed by atoms with van der Waals surface area (Å²) in [7, 11) is 1.52. The number of ether oxygens (including phenoxy) is 2. The van der Waals surface area contributed by atoms with Crippen LogP contribution < -0.4 is 10.1 Å². The van der Waals surface area contributed by atoms with Crippen molar-refractivity contribution in [1.82, 2.24) is 0 Å². The van der Waals surface area contributed by atoms with E-state index >= 15 is 0 Å². The molecule has 134 valence electrons. The number of oxime groups is 1. The van der Waals surface area contributed by atoms with Crippen LogP contribution in [0.2, 0.25) is 0 Å². The van der Waals surface area contributed by atoms with E-state index in [-0.39, 0.29) is 0 Å². The van der Waals surface area contributed by atoms with Crippen molar-refractivity contribution in [2.45, 2.75) is 33.6 Å². The smallest absolute Gasteiger partial charge is 0.125 e. The Morgan fingerprint density at radius 1 is 1.12 bits per heavy atom. The zero-order chi connectivity index (χ0) is 17.6. The molecule has 5 heteroatoms. The summed E-state index contributed by atoms with van der Waals surface area (Å²) in [4.78, 5) is 4.56. The van der Waals surface area contributed by atoms with Crippen molar-refractivity contribution >= 4 is 11.9 Å². The number of nitrogens with zero attached hydrogens (tertiary/aromatic N) is 1. The molecule has 0 saturated carbocycles. The molecule has 1 N–H and O–H groups in total. The maximum absolute atomic E-state index is 5.95. The van der Waals surface area contributed by atoms with E-state index in [4.69, 9.17) is 9.47 Å². The highest BCUT2D eigenvalue weighted by Crippen LogP contribution is 2.27. The highest BCUT2D eigenvalue weighted by atomic mass is 16.6. The zero-order valence-corrected chi connectivity index (χ0v) is 15.3. The Morgan fingerprint density at radius 2 is 1.83 bits per heavy atom. The number of anilines is 1. The number of aryl methyl sites for hydroxylation is 2. The van der Waals surface area contributed by atoms with Crippen molar-refractivity contribution in [3.05, 3.63) is 35.4 Å². The highest BCUT2D eigenvalue weighted by molar-refractivity contribution is 5.57. The van der Waals surface area contributed by atoms with Gasteiger partial charge in [-0.1, -0.05) is 17.3 Å². The van der Waals surface area contributed by atoms with Gasteiger partial charge in [0, 0.05) is 18.8 Å². The fourth-order valence-electron chi connectivity index (χ4n) is 2.30. The molecule has 0 aromatic heterocycles. The van der Waals surface area contributed by atoms with Gasteiger partial charge in [-0.25, -0.2) is 0 Å². The standard InChI is InChI=1S/C19H30N2O3/c1-5-6-9-20-18-14-16(2)19(17(3)15-18)24-12-8-7-11-23-13-10-21-22-4/h5-6,10,14-15,20H,7-9,11-13H2,1-4H3/b6-5+,21-10+. The topological polar surface area (TPSA) is 52.1 Å². The maximum Gasteiger partial charge on any atom is 0.125 e. The summed E-state index contributed by atoms with van der Waals surface area (Å²) in [6.07, 6.45) is 7.66. The number of allylic oxidation sites excluding steroid dienone is 1. The number of nitrogens with one attached hydrogen (secondary N) is 1. The second kappa shape index (κ2) is 12.4. The molecule has 0 aliphatic carbocycles. The van der Waals surface area contributed by atoms with Gasteiger partial charge in [-0.2, -0.15) is 0 Å². The Kier molecular flexibility index (Phi) is 10.4. The summed E-state index contributed by atoms with van der Waals surface area (Å²) in [5, 5.41) is 6.99. The van der Waals surface area contributed by atoms with Crippen LogP contribution in [0.1, 0.15) is 30.9 Å². The fraction of sp³-hybridized carbons (Fsp3) is 0.526. The first kappa shape index (κ1) is 20.0. The molecule has 0 radical (unpaired) electrons. The van der Waals surface area contributed by atoms with Crippen LogP contribution in [0.3, 0.4) is 0 Å². The number of hydrogen-bond donors (Lipinski definition) is 1. The van der Waals surface area contributed by atoms with Crippen molar-refractivity contribution < 1.29 is 14.3 Å². The van der Waals surface area contributed by atoms with E-state index in [0.717, 1.165) is 42.0 Å². The van der Waals surface area contributed by atoms with Crippen LogP contribution in [0.4, 0.5) is 5.69 Å². The van der Waals surface area contributed by atoms with Gasteiger partial charge in [0.1, 0.15) is 12.9 Å². The lowest BCUT2D eigenvalue weighted by molar-refractivity contribution is 0.157. The third-order valence-electron chi connectivity index (χ3n) is 3.42. The molecule has 0 heterocycles. The molecular formula is C19H30N2O3. The number of rotatable bonds is 12. The summed E-state index contributed by atoms with van der Waals surface area (Å²) < 4.78 is 11.3. The predicted octanol–water partition coefficient (Wildman–Crippen LogP) is 4.10. The lowest BCUT2D eigenvalue weighted by atomic mass is 10.1. The second-order valence-electron chi connectivity index (χ2n) is 5.49. The molecule has 0 amide bonds. The van der Waals surface area contributed by atoms with Crippen molar-refractivity contribution in [1.29, 1.82) is 0 Å². The van der Waals surface area contributed by atoms with Crippen LogP contribution in [0.15, 0.2) is 29.4 Å². The normalized spacial score (nSPS) is 11.3. The largest absolute Gasteiger partial charge is 0.493 e. The van der Waals surface area contributed by atoms with Crippen LogP contribution in [0.25, 0.3) is 0 Å². The van der Waals surface area contributed by atoms with Crippen molar-refractivity contribution in [3.8, 4) is 5.75 Å². The Morgan fingerprint density at radius 3 is 2.50 bits per heavy atom. The molecular weight excluding hydrogens is 304 g/mol. The van der Waals surface area contributed by atoms with Crippen LogP contribution in [-0.4, -0.2) is 39.7 Å². The van der Waals surface area contributed by atoms with Crippen molar-refractivity contribution in [2.75, 3.05) is 38.8 Å². The van der Waals surface area contributed by atoms with E-state index in [1.807, 2.05) is 13.0 Å². The van der Waals surface area contributed by atoms with Crippen molar-refractivity contribution in [3.63, 3.8) is 0 Å². The molecule has 1 rings (SSSR count). The fourth-order valence-corrected chi connectivity index (χ4v) is 2.30. The van der Waals surface area contributed by atoms with Gasteiger partial charge < -0.3 is 19.6 Å².